The van der Waals surface area contributed by atoms with Crippen LogP contribution < -0.4 is 10.6 Å². The second-order valence-corrected chi connectivity index (χ2v) is 7.45. The fraction of sp³-hybridized carbons (Fsp3) is 0.409. The highest BCUT2D eigenvalue weighted by Crippen LogP contribution is 2.20. The summed E-state index contributed by atoms with van der Waals surface area (Å²) in [6.07, 6.45) is 2.59. The van der Waals surface area contributed by atoms with Gasteiger partial charge in [0.1, 0.15) is 5.82 Å². The van der Waals surface area contributed by atoms with Crippen molar-refractivity contribution in [2.75, 3.05) is 50.5 Å². The summed E-state index contributed by atoms with van der Waals surface area (Å²) in [5.74, 6) is -0.421. The number of aryl methyl sites for hydroxylation is 2. The maximum atomic E-state index is 14.8. The molecule has 1 aromatic heterocycles. The molecule has 0 atom stereocenters. The third kappa shape index (κ3) is 6.39. The number of pyridine rings is 1. The van der Waals surface area contributed by atoms with Crippen molar-refractivity contribution >= 4 is 23.5 Å². The quantitative estimate of drug-likeness (QED) is 0.734. The molecule has 0 saturated carbocycles. The summed E-state index contributed by atoms with van der Waals surface area (Å²) in [4.78, 5) is 31.8. The van der Waals surface area contributed by atoms with Gasteiger partial charge >= 0.3 is 12.1 Å². The maximum Gasteiger partial charge on any atom is 0.409 e. The van der Waals surface area contributed by atoms with Gasteiger partial charge in [0.25, 0.3) is 0 Å². The lowest BCUT2D eigenvalue weighted by Crippen LogP contribution is -2.48. The van der Waals surface area contributed by atoms with Crippen LogP contribution in [0.5, 0.6) is 0 Å². The zero-order valence-electron chi connectivity index (χ0n) is 17.9. The predicted molar refractivity (Wildman–Crippen MR) is 117 cm³/mol. The fourth-order valence-electron chi connectivity index (χ4n) is 3.47. The monoisotopic (exact) mass is 429 g/mol. The lowest BCUT2D eigenvalue weighted by Gasteiger charge is -2.33. The first-order valence-electron chi connectivity index (χ1n) is 10.3. The van der Waals surface area contributed by atoms with Crippen LogP contribution in [0.2, 0.25) is 0 Å². The topological polar surface area (TPSA) is 86.8 Å². The standard InChI is InChI=1S/C22H28FN5O3/c1-16-8-9-18(15-24-16)25-21(29)26-19-7-3-5-17(20(19)23)6-4-10-27-11-13-28(14-12-27)22(30)31-2/h3,5,7-9,15H,4,6,10-14H2,1-2H3,(H2,25,26,29). The summed E-state index contributed by atoms with van der Waals surface area (Å²) < 4.78 is 19.6. The minimum Gasteiger partial charge on any atom is -0.453 e. The van der Waals surface area contributed by atoms with Crippen LogP contribution in [0.15, 0.2) is 36.5 Å². The Bertz CT molecular complexity index is 899. The van der Waals surface area contributed by atoms with Crippen LogP contribution in [0.4, 0.5) is 25.4 Å². The van der Waals surface area contributed by atoms with Crippen LogP contribution in [0.25, 0.3) is 0 Å². The smallest absolute Gasteiger partial charge is 0.409 e. The Morgan fingerprint density at radius 1 is 1.13 bits per heavy atom. The zero-order chi connectivity index (χ0) is 22.2. The van der Waals surface area contributed by atoms with E-state index in [0.717, 1.165) is 31.7 Å². The van der Waals surface area contributed by atoms with Crippen molar-refractivity contribution in [3.63, 3.8) is 0 Å². The van der Waals surface area contributed by atoms with E-state index >= 15 is 0 Å². The number of hydrogen-bond acceptors (Lipinski definition) is 5. The van der Waals surface area contributed by atoms with Gasteiger partial charge in [-0.15, -0.1) is 0 Å². The summed E-state index contributed by atoms with van der Waals surface area (Å²) in [6, 6.07) is 8.00. The number of benzene rings is 1. The minimum atomic E-state index is -0.523. The Morgan fingerprint density at radius 2 is 1.90 bits per heavy atom. The molecule has 8 nitrogen and oxygen atoms in total. The third-order valence-electron chi connectivity index (χ3n) is 5.22. The van der Waals surface area contributed by atoms with Crippen LogP contribution in [0.3, 0.4) is 0 Å². The molecule has 9 heteroatoms. The molecule has 0 bridgehead atoms. The van der Waals surface area contributed by atoms with Crippen molar-refractivity contribution < 1.29 is 18.7 Å². The van der Waals surface area contributed by atoms with E-state index in [1.807, 2.05) is 6.92 Å². The maximum absolute atomic E-state index is 14.8. The Labute approximate surface area is 181 Å². The molecule has 1 aliphatic rings. The molecular weight excluding hydrogens is 401 g/mol. The Hall–Kier alpha value is -3.20. The number of ether oxygens (including phenoxy) is 1. The van der Waals surface area contributed by atoms with Crippen molar-refractivity contribution in [2.24, 2.45) is 0 Å². The Kier molecular flexibility index (Phi) is 7.77. The SMILES string of the molecule is COC(=O)N1CCN(CCCc2cccc(NC(=O)Nc3ccc(C)nc3)c2F)CC1. The Balaban J connectivity index is 1.47. The molecule has 2 heterocycles. The minimum absolute atomic E-state index is 0.141. The largest absolute Gasteiger partial charge is 0.453 e. The number of piperazine rings is 1. The zero-order valence-corrected chi connectivity index (χ0v) is 17.9. The number of carbonyl (C=O) groups excluding carboxylic acids is 2. The van der Waals surface area contributed by atoms with E-state index in [4.69, 9.17) is 4.74 Å². The third-order valence-corrected chi connectivity index (χ3v) is 5.22. The second kappa shape index (κ2) is 10.7. The van der Waals surface area contributed by atoms with E-state index in [9.17, 15) is 14.0 Å². The van der Waals surface area contributed by atoms with E-state index in [-0.39, 0.29) is 11.8 Å². The second-order valence-electron chi connectivity index (χ2n) is 7.45. The van der Waals surface area contributed by atoms with Crippen LogP contribution in [0, 0.1) is 12.7 Å². The molecule has 1 aromatic carbocycles. The van der Waals surface area contributed by atoms with E-state index in [1.165, 1.54) is 13.2 Å². The van der Waals surface area contributed by atoms with Crippen molar-refractivity contribution in [3.8, 4) is 0 Å². The lowest BCUT2D eigenvalue weighted by molar-refractivity contribution is 0.0907. The van der Waals surface area contributed by atoms with Gasteiger partial charge < -0.3 is 20.3 Å². The number of amides is 3. The number of carbonyl (C=O) groups is 2. The van der Waals surface area contributed by atoms with Crippen molar-refractivity contribution in [1.29, 1.82) is 0 Å². The number of aromatic nitrogens is 1. The van der Waals surface area contributed by atoms with Gasteiger partial charge in [0.2, 0.25) is 0 Å². The average molecular weight is 429 g/mol. The van der Waals surface area contributed by atoms with Crippen molar-refractivity contribution in [3.05, 3.63) is 53.6 Å². The number of halogens is 1. The highest BCUT2D eigenvalue weighted by Gasteiger charge is 2.21. The highest BCUT2D eigenvalue weighted by atomic mass is 19.1. The number of nitrogens with one attached hydrogen (secondary N) is 2. The normalized spacial score (nSPS) is 14.2. The van der Waals surface area contributed by atoms with E-state index in [2.05, 4.69) is 20.5 Å². The first-order valence-corrected chi connectivity index (χ1v) is 10.3. The molecular formula is C22H28FN5O3. The number of nitrogens with zero attached hydrogens (tertiary/aromatic N) is 3. The molecule has 1 fully saturated rings. The summed E-state index contributed by atoms with van der Waals surface area (Å²) in [5.41, 5.74) is 2.08. The number of rotatable bonds is 6. The van der Waals surface area contributed by atoms with Gasteiger partial charge in [-0.2, -0.15) is 0 Å². The molecule has 2 aromatic rings. The molecule has 3 rings (SSSR count). The molecule has 2 N–H and O–H groups in total. The van der Waals surface area contributed by atoms with Crippen molar-refractivity contribution in [2.45, 2.75) is 19.8 Å². The molecule has 0 spiro atoms. The van der Waals surface area contributed by atoms with Gasteiger partial charge in [0.15, 0.2) is 0 Å². The number of anilines is 2. The van der Waals surface area contributed by atoms with Gasteiger partial charge in [-0.05, 0) is 50.1 Å². The van der Waals surface area contributed by atoms with Crippen LogP contribution in [-0.4, -0.2) is 66.7 Å². The summed E-state index contributed by atoms with van der Waals surface area (Å²) in [6.45, 7) is 5.47. The van der Waals surface area contributed by atoms with Gasteiger partial charge in [0.05, 0.1) is 24.7 Å². The molecule has 0 aliphatic carbocycles. The van der Waals surface area contributed by atoms with Gasteiger partial charge in [0, 0.05) is 31.9 Å². The average Bonchev–Trinajstić information content (AvgIpc) is 2.78. The van der Waals surface area contributed by atoms with Gasteiger partial charge in [-0.25, -0.2) is 14.0 Å². The molecule has 0 radical (unpaired) electrons. The highest BCUT2D eigenvalue weighted by molar-refractivity contribution is 5.99. The number of methoxy groups -OCH3 is 1. The molecule has 3 amide bonds. The summed E-state index contributed by atoms with van der Waals surface area (Å²) in [5, 5.41) is 5.21. The molecule has 1 saturated heterocycles. The van der Waals surface area contributed by atoms with E-state index < -0.39 is 11.8 Å². The lowest BCUT2D eigenvalue weighted by atomic mass is 10.1. The Morgan fingerprint density at radius 3 is 2.58 bits per heavy atom. The van der Waals surface area contributed by atoms with Crippen LogP contribution >= 0.6 is 0 Å². The van der Waals surface area contributed by atoms with E-state index in [1.54, 1.807) is 35.4 Å². The number of hydrogen-bond donors (Lipinski definition) is 2. The van der Waals surface area contributed by atoms with Crippen LogP contribution in [-0.2, 0) is 11.2 Å². The predicted octanol–water partition coefficient (Wildman–Crippen LogP) is 3.49. The molecule has 1 aliphatic heterocycles. The first kappa shape index (κ1) is 22.5. The van der Waals surface area contributed by atoms with E-state index in [0.29, 0.717) is 30.8 Å². The fourth-order valence-corrected chi connectivity index (χ4v) is 3.47. The van der Waals surface area contributed by atoms with Crippen LogP contribution in [0.1, 0.15) is 17.7 Å². The van der Waals surface area contributed by atoms with Gasteiger partial charge in [-0.1, -0.05) is 12.1 Å². The first-order chi connectivity index (χ1) is 15.0. The van der Waals surface area contributed by atoms with Gasteiger partial charge in [-0.3, -0.25) is 9.88 Å². The summed E-state index contributed by atoms with van der Waals surface area (Å²) in [7, 11) is 1.38. The summed E-state index contributed by atoms with van der Waals surface area (Å²) >= 11 is 0. The molecule has 31 heavy (non-hydrogen) atoms. The molecule has 166 valence electrons. The molecule has 0 unspecified atom stereocenters. The number of urea groups is 1. The van der Waals surface area contributed by atoms with Crippen molar-refractivity contribution in [1.82, 2.24) is 14.8 Å².